The van der Waals surface area contributed by atoms with E-state index in [0.717, 1.165) is 23.9 Å². The fraction of sp³-hybridized carbons (Fsp3) is 1.00. The number of likely N-dealkylation sites (tertiary alicyclic amines) is 1. The van der Waals surface area contributed by atoms with Crippen molar-refractivity contribution in [2.75, 3.05) is 7.05 Å². The van der Waals surface area contributed by atoms with Gasteiger partial charge in [0.25, 0.3) is 0 Å². The highest BCUT2D eigenvalue weighted by Crippen LogP contribution is 2.48. The van der Waals surface area contributed by atoms with Crippen LogP contribution >= 0.6 is 0 Å². The number of hydrogen-bond donors (Lipinski definition) is 0. The van der Waals surface area contributed by atoms with Gasteiger partial charge in [-0.1, -0.05) is 13.8 Å². The van der Waals surface area contributed by atoms with E-state index in [2.05, 4.69) is 25.8 Å². The molecule has 10 heavy (non-hydrogen) atoms. The summed E-state index contributed by atoms with van der Waals surface area (Å²) in [5, 5.41) is 0. The van der Waals surface area contributed by atoms with Gasteiger partial charge in [-0.25, -0.2) is 0 Å². The van der Waals surface area contributed by atoms with Crippen LogP contribution in [0.15, 0.2) is 0 Å². The van der Waals surface area contributed by atoms with Crippen LogP contribution in [0.25, 0.3) is 0 Å². The molecule has 1 heterocycles. The van der Waals surface area contributed by atoms with Crippen molar-refractivity contribution < 1.29 is 0 Å². The van der Waals surface area contributed by atoms with E-state index >= 15 is 0 Å². The average molecular weight is 139 g/mol. The third-order valence-corrected chi connectivity index (χ3v) is 3.25. The minimum Gasteiger partial charge on any atom is -0.300 e. The van der Waals surface area contributed by atoms with Gasteiger partial charge < -0.3 is 0 Å². The lowest BCUT2D eigenvalue weighted by Gasteiger charge is -2.26. The van der Waals surface area contributed by atoms with Crippen molar-refractivity contribution in [3.63, 3.8) is 0 Å². The molecule has 0 spiro atoms. The molecule has 0 aromatic rings. The molecule has 0 aromatic heterocycles. The summed E-state index contributed by atoms with van der Waals surface area (Å²) in [6, 6.07) is 1.87. The van der Waals surface area contributed by atoms with Crippen molar-refractivity contribution in [2.24, 2.45) is 11.8 Å². The summed E-state index contributed by atoms with van der Waals surface area (Å²) in [5.41, 5.74) is 0. The smallest absolute Gasteiger partial charge is 0.0128 e. The lowest BCUT2D eigenvalue weighted by Crippen LogP contribution is -2.32. The SMILES string of the molecule is CC(C)[C@@H]1C[C@@H]2C[C@@H]2N1C. The van der Waals surface area contributed by atoms with Crippen LogP contribution in [0.3, 0.4) is 0 Å². The van der Waals surface area contributed by atoms with Gasteiger partial charge in [-0.3, -0.25) is 4.90 Å². The number of hydrogen-bond acceptors (Lipinski definition) is 1. The Bertz CT molecular complexity index is 142. The minimum atomic E-state index is 0.859. The van der Waals surface area contributed by atoms with Gasteiger partial charge in [0.15, 0.2) is 0 Å². The van der Waals surface area contributed by atoms with Crippen LogP contribution in [-0.4, -0.2) is 24.0 Å². The largest absolute Gasteiger partial charge is 0.300 e. The van der Waals surface area contributed by atoms with Crippen molar-refractivity contribution in [1.82, 2.24) is 4.90 Å². The Labute approximate surface area is 63.4 Å². The predicted octanol–water partition coefficient (Wildman–Crippen LogP) is 1.74. The van der Waals surface area contributed by atoms with Crippen LogP contribution < -0.4 is 0 Å². The van der Waals surface area contributed by atoms with Crippen LogP contribution in [-0.2, 0) is 0 Å². The summed E-state index contributed by atoms with van der Waals surface area (Å²) in [4.78, 5) is 2.59. The van der Waals surface area contributed by atoms with Gasteiger partial charge >= 0.3 is 0 Å². The number of rotatable bonds is 1. The molecule has 1 nitrogen and oxygen atoms in total. The average Bonchev–Trinajstić information content (AvgIpc) is 2.54. The van der Waals surface area contributed by atoms with Gasteiger partial charge in [0.2, 0.25) is 0 Å². The van der Waals surface area contributed by atoms with Crippen LogP contribution in [0.5, 0.6) is 0 Å². The van der Waals surface area contributed by atoms with Crippen molar-refractivity contribution in [3.8, 4) is 0 Å². The van der Waals surface area contributed by atoms with E-state index in [9.17, 15) is 0 Å². The van der Waals surface area contributed by atoms with E-state index in [4.69, 9.17) is 0 Å². The lowest BCUT2D eigenvalue weighted by atomic mass is 10.0. The lowest BCUT2D eigenvalue weighted by molar-refractivity contribution is 0.215. The molecule has 2 fully saturated rings. The molecule has 58 valence electrons. The quantitative estimate of drug-likeness (QED) is 0.535. The zero-order valence-corrected chi connectivity index (χ0v) is 7.17. The second kappa shape index (κ2) is 1.97. The summed E-state index contributed by atoms with van der Waals surface area (Å²) in [7, 11) is 2.29. The van der Waals surface area contributed by atoms with Gasteiger partial charge in [0.05, 0.1) is 0 Å². The van der Waals surface area contributed by atoms with E-state index in [1.807, 2.05) is 0 Å². The molecule has 0 aromatic carbocycles. The molecule has 3 atom stereocenters. The molecule has 1 saturated carbocycles. The normalized spacial score (nSPS) is 46.2. The fourth-order valence-electron chi connectivity index (χ4n) is 2.45. The first-order valence-electron chi connectivity index (χ1n) is 4.42. The maximum atomic E-state index is 2.59. The zero-order valence-electron chi connectivity index (χ0n) is 7.17. The first-order valence-corrected chi connectivity index (χ1v) is 4.42. The topological polar surface area (TPSA) is 3.24 Å². The molecular weight excluding hydrogens is 122 g/mol. The Balaban J connectivity index is 2.00. The molecule has 2 rings (SSSR count). The second-order valence-corrected chi connectivity index (χ2v) is 4.28. The highest BCUT2D eigenvalue weighted by molar-refractivity contribution is 5.04. The summed E-state index contributed by atoms with van der Waals surface area (Å²) in [5.74, 6) is 1.94. The molecule has 0 unspecified atom stereocenters. The van der Waals surface area contributed by atoms with Crippen molar-refractivity contribution in [2.45, 2.75) is 38.8 Å². The number of piperidine rings is 1. The molecule has 1 aliphatic heterocycles. The number of fused-ring (bicyclic) bond motifs is 1. The van der Waals surface area contributed by atoms with E-state index in [1.54, 1.807) is 0 Å². The Morgan fingerprint density at radius 2 is 2.00 bits per heavy atom. The Hall–Kier alpha value is -0.0400. The van der Waals surface area contributed by atoms with Gasteiger partial charge in [-0.15, -0.1) is 0 Å². The maximum Gasteiger partial charge on any atom is 0.0128 e. The van der Waals surface area contributed by atoms with E-state index in [-0.39, 0.29) is 0 Å². The second-order valence-electron chi connectivity index (χ2n) is 4.28. The highest BCUT2D eigenvalue weighted by Gasteiger charge is 2.50. The van der Waals surface area contributed by atoms with Gasteiger partial charge in [-0.2, -0.15) is 0 Å². The van der Waals surface area contributed by atoms with E-state index in [1.165, 1.54) is 12.8 Å². The molecule has 0 radical (unpaired) electrons. The molecule has 0 bridgehead atoms. The van der Waals surface area contributed by atoms with Gasteiger partial charge in [-0.05, 0) is 31.7 Å². The molecule has 1 saturated heterocycles. The summed E-state index contributed by atoms with van der Waals surface area (Å²) >= 11 is 0. The summed E-state index contributed by atoms with van der Waals surface area (Å²) < 4.78 is 0. The highest BCUT2D eigenvalue weighted by atomic mass is 15.2. The monoisotopic (exact) mass is 139 g/mol. The van der Waals surface area contributed by atoms with Crippen molar-refractivity contribution >= 4 is 0 Å². The Morgan fingerprint density at radius 3 is 2.30 bits per heavy atom. The van der Waals surface area contributed by atoms with Crippen LogP contribution in [0.2, 0.25) is 0 Å². The standard InChI is InChI=1S/C9H17N/c1-6(2)8-4-7-5-9(7)10(8)3/h6-9H,4-5H2,1-3H3/t7-,8+,9+/m1/s1. The van der Waals surface area contributed by atoms with Crippen molar-refractivity contribution in [1.29, 1.82) is 0 Å². The van der Waals surface area contributed by atoms with Gasteiger partial charge in [0.1, 0.15) is 0 Å². The van der Waals surface area contributed by atoms with E-state index in [0.29, 0.717) is 0 Å². The third kappa shape index (κ3) is 0.800. The van der Waals surface area contributed by atoms with Gasteiger partial charge in [0, 0.05) is 12.1 Å². The molecular formula is C9H17N. The van der Waals surface area contributed by atoms with Crippen LogP contribution in [0, 0.1) is 11.8 Å². The van der Waals surface area contributed by atoms with Crippen LogP contribution in [0.4, 0.5) is 0 Å². The van der Waals surface area contributed by atoms with Crippen LogP contribution in [0.1, 0.15) is 26.7 Å². The van der Waals surface area contributed by atoms with E-state index < -0.39 is 0 Å². The number of nitrogens with zero attached hydrogens (tertiary/aromatic N) is 1. The molecule has 1 aliphatic carbocycles. The summed E-state index contributed by atoms with van der Waals surface area (Å²) in [6.45, 7) is 4.68. The molecule has 0 N–H and O–H groups in total. The molecule has 2 aliphatic rings. The Kier molecular flexibility index (Phi) is 1.31. The first-order chi connectivity index (χ1) is 4.70. The Morgan fingerprint density at radius 1 is 1.30 bits per heavy atom. The fourth-order valence-corrected chi connectivity index (χ4v) is 2.45. The van der Waals surface area contributed by atoms with Crippen molar-refractivity contribution in [3.05, 3.63) is 0 Å². The molecule has 0 amide bonds. The zero-order chi connectivity index (χ0) is 7.30. The first kappa shape index (κ1) is 6.66. The predicted molar refractivity (Wildman–Crippen MR) is 42.9 cm³/mol. The molecule has 1 heteroatoms. The minimum absolute atomic E-state index is 0.859. The third-order valence-electron chi connectivity index (χ3n) is 3.25. The summed E-state index contributed by atoms with van der Waals surface area (Å²) in [6.07, 6.45) is 2.96. The maximum absolute atomic E-state index is 2.59.